The molecule has 0 bridgehead atoms. The highest BCUT2D eigenvalue weighted by atomic mass is 79.9. The molecule has 0 heterocycles. The van der Waals surface area contributed by atoms with E-state index in [4.69, 9.17) is 5.73 Å². The molecule has 2 rings (SSSR count). The molecule has 5 heteroatoms. The fourth-order valence-corrected chi connectivity index (χ4v) is 2.49. The average molecular weight is 349 g/mol. The van der Waals surface area contributed by atoms with Crippen LogP contribution in [0, 0.1) is 0 Å². The van der Waals surface area contributed by atoms with Crippen LogP contribution >= 0.6 is 15.9 Å². The van der Waals surface area contributed by atoms with Crippen molar-refractivity contribution in [1.29, 1.82) is 0 Å². The van der Waals surface area contributed by atoms with E-state index in [9.17, 15) is 9.90 Å². The van der Waals surface area contributed by atoms with Gasteiger partial charge >= 0.3 is 0 Å². The van der Waals surface area contributed by atoms with E-state index in [1.54, 1.807) is 18.2 Å². The molecule has 2 aromatic rings. The van der Waals surface area contributed by atoms with Crippen LogP contribution in [-0.2, 0) is 6.42 Å². The van der Waals surface area contributed by atoms with Crippen LogP contribution in [0.5, 0.6) is 0 Å². The fraction of sp³-hybridized carbons (Fsp3) is 0.188. The summed E-state index contributed by atoms with van der Waals surface area (Å²) in [6.45, 7) is -0.124. The summed E-state index contributed by atoms with van der Waals surface area (Å²) in [5.74, 6) is -0.260. The molecule has 0 saturated heterocycles. The Kier molecular flexibility index (Phi) is 5.36. The molecule has 0 saturated carbocycles. The van der Waals surface area contributed by atoms with Gasteiger partial charge in [0.05, 0.1) is 22.7 Å². The lowest BCUT2D eigenvalue weighted by molar-refractivity contribution is 0.0916. The van der Waals surface area contributed by atoms with E-state index in [0.717, 1.165) is 5.56 Å². The Morgan fingerprint density at radius 2 is 1.90 bits per heavy atom. The van der Waals surface area contributed by atoms with Gasteiger partial charge in [0.25, 0.3) is 5.91 Å². The van der Waals surface area contributed by atoms with E-state index in [1.807, 2.05) is 30.3 Å². The second-order valence-electron chi connectivity index (χ2n) is 4.75. The first-order valence-corrected chi connectivity index (χ1v) is 7.40. The Bertz CT molecular complexity index is 617. The number of carbonyl (C=O) groups is 1. The summed E-state index contributed by atoms with van der Waals surface area (Å²) in [4.78, 5) is 12.3. The van der Waals surface area contributed by atoms with Gasteiger partial charge in [-0.05, 0) is 40.0 Å². The lowest BCUT2D eigenvalue weighted by atomic mass is 10.1. The summed E-state index contributed by atoms with van der Waals surface area (Å²) in [5.41, 5.74) is 7.79. The van der Waals surface area contributed by atoms with E-state index < -0.39 is 0 Å². The van der Waals surface area contributed by atoms with Gasteiger partial charge in [-0.3, -0.25) is 4.79 Å². The highest BCUT2D eigenvalue weighted by Crippen LogP contribution is 2.23. The summed E-state index contributed by atoms with van der Waals surface area (Å²) in [6.07, 6.45) is 0.572. The third-order valence-electron chi connectivity index (χ3n) is 3.15. The standard InChI is InChI=1S/C16H17BrN2O2/c17-15-13(7-4-8-14(15)18)16(21)19-12(10-20)9-11-5-2-1-3-6-11/h1-8,12,20H,9-10,18H2,(H,19,21)/t12-/m0/s1. The highest BCUT2D eigenvalue weighted by molar-refractivity contribution is 9.10. The molecule has 0 spiro atoms. The molecule has 21 heavy (non-hydrogen) atoms. The summed E-state index contributed by atoms with van der Waals surface area (Å²) in [6, 6.07) is 14.5. The molecule has 2 aromatic carbocycles. The van der Waals surface area contributed by atoms with Gasteiger partial charge in [-0.2, -0.15) is 0 Å². The van der Waals surface area contributed by atoms with Crippen molar-refractivity contribution in [2.75, 3.05) is 12.3 Å². The SMILES string of the molecule is Nc1cccc(C(=O)N[C@H](CO)Cc2ccccc2)c1Br. The van der Waals surface area contributed by atoms with Crippen molar-refractivity contribution in [2.24, 2.45) is 0 Å². The summed E-state index contributed by atoms with van der Waals surface area (Å²) in [5, 5.41) is 12.3. The molecule has 1 amide bonds. The van der Waals surface area contributed by atoms with Crippen LogP contribution in [0.4, 0.5) is 5.69 Å². The number of hydrogen-bond donors (Lipinski definition) is 3. The first-order valence-electron chi connectivity index (χ1n) is 6.61. The number of aliphatic hydroxyl groups is 1. The molecular weight excluding hydrogens is 332 g/mol. The predicted octanol–water partition coefficient (Wildman–Crippen LogP) is 2.36. The number of hydrogen-bond acceptors (Lipinski definition) is 3. The average Bonchev–Trinajstić information content (AvgIpc) is 2.50. The Morgan fingerprint density at radius 1 is 1.19 bits per heavy atom. The van der Waals surface area contributed by atoms with E-state index in [2.05, 4.69) is 21.2 Å². The number of nitrogens with two attached hydrogens (primary N) is 1. The Labute approximate surface area is 132 Å². The Morgan fingerprint density at radius 3 is 2.57 bits per heavy atom. The van der Waals surface area contributed by atoms with Crippen molar-refractivity contribution in [3.05, 3.63) is 64.1 Å². The number of anilines is 1. The van der Waals surface area contributed by atoms with Crippen molar-refractivity contribution < 1.29 is 9.90 Å². The number of nitrogen functional groups attached to an aromatic ring is 1. The number of amides is 1. The molecule has 0 aliphatic heterocycles. The number of aliphatic hydroxyl groups excluding tert-OH is 1. The van der Waals surface area contributed by atoms with Crippen LogP contribution in [0.2, 0.25) is 0 Å². The Balaban J connectivity index is 2.08. The first kappa shape index (κ1) is 15.5. The smallest absolute Gasteiger partial charge is 0.252 e. The van der Waals surface area contributed by atoms with Crippen LogP contribution in [0.15, 0.2) is 53.0 Å². The van der Waals surface area contributed by atoms with E-state index >= 15 is 0 Å². The molecule has 110 valence electrons. The van der Waals surface area contributed by atoms with Crippen molar-refractivity contribution >= 4 is 27.5 Å². The zero-order valence-electron chi connectivity index (χ0n) is 11.4. The lowest BCUT2D eigenvalue weighted by Gasteiger charge is -2.17. The number of rotatable bonds is 5. The van der Waals surface area contributed by atoms with E-state index in [0.29, 0.717) is 22.1 Å². The molecule has 0 aliphatic rings. The van der Waals surface area contributed by atoms with Gasteiger partial charge in [0.2, 0.25) is 0 Å². The fourth-order valence-electron chi connectivity index (χ4n) is 2.05. The predicted molar refractivity (Wildman–Crippen MR) is 87.0 cm³/mol. The maximum atomic E-state index is 12.3. The van der Waals surface area contributed by atoms with E-state index in [1.165, 1.54) is 0 Å². The minimum atomic E-state index is -0.340. The van der Waals surface area contributed by atoms with Crippen LogP contribution in [-0.4, -0.2) is 23.7 Å². The van der Waals surface area contributed by atoms with Gasteiger partial charge in [-0.25, -0.2) is 0 Å². The second-order valence-corrected chi connectivity index (χ2v) is 5.54. The number of halogens is 1. The maximum Gasteiger partial charge on any atom is 0.252 e. The molecule has 0 aromatic heterocycles. The van der Waals surface area contributed by atoms with E-state index in [-0.39, 0.29) is 18.6 Å². The molecule has 4 nitrogen and oxygen atoms in total. The summed E-state index contributed by atoms with van der Waals surface area (Å²) < 4.78 is 0.568. The van der Waals surface area contributed by atoms with Gasteiger partial charge in [0, 0.05) is 5.69 Å². The second kappa shape index (κ2) is 7.24. The van der Waals surface area contributed by atoms with Crippen molar-refractivity contribution in [3.63, 3.8) is 0 Å². The zero-order chi connectivity index (χ0) is 15.2. The van der Waals surface area contributed by atoms with Crippen LogP contribution in [0.3, 0.4) is 0 Å². The molecule has 0 fully saturated rings. The normalized spacial score (nSPS) is 11.9. The lowest BCUT2D eigenvalue weighted by Crippen LogP contribution is -2.39. The van der Waals surface area contributed by atoms with Gasteiger partial charge in [-0.15, -0.1) is 0 Å². The summed E-state index contributed by atoms with van der Waals surface area (Å²) >= 11 is 3.31. The third-order valence-corrected chi connectivity index (χ3v) is 4.04. The minimum Gasteiger partial charge on any atom is -0.398 e. The van der Waals surface area contributed by atoms with Crippen LogP contribution in [0.25, 0.3) is 0 Å². The number of nitrogens with one attached hydrogen (secondary N) is 1. The zero-order valence-corrected chi connectivity index (χ0v) is 13.0. The largest absolute Gasteiger partial charge is 0.398 e. The maximum absolute atomic E-state index is 12.3. The molecular formula is C16H17BrN2O2. The molecule has 4 N–H and O–H groups in total. The topological polar surface area (TPSA) is 75.4 Å². The van der Waals surface area contributed by atoms with Gasteiger partial charge < -0.3 is 16.2 Å². The molecule has 0 radical (unpaired) electrons. The van der Waals surface area contributed by atoms with Gasteiger partial charge in [0.15, 0.2) is 0 Å². The van der Waals surface area contributed by atoms with Gasteiger partial charge in [-0.1, -0.05) is 36.4 Å². The van der Waals surface area contributed by atoms with Crippen molar-refractivity contribution in [3.8, 4) is 0 Å². The van der Waals surface area contributed by atoms with Crippen molar-refractivity contribution in [2.45, 2.75) is 12.5 Å². The monoisotopic (exact) mass is 348 g/mol. The molecule has 0 unspecified atom stereocenters. The summed E-state index contributed by atoms with van der Waals surface area (Å²) in [7, 11) is 0. The Hall–Kier alpha value is -1.85. The van der Waals surface area contributed by atoms with Gasteiger partial charge in [0.1, 0.15) is 0 Å². The number of carbonyl (C=O) groups excluding carboxylic acids is 1. The third kappa shape index (κ3) is 4.06. The van der Waals surface area contributed by atoms with Crippen LogP contribution < -0.4 is 11.1 Å². The first-order chi connectivity index (χ1) is 10.1. The van der Waals surface area contributed by atoms with Crippen molar-refractivity contribution in [1.82, 2.24) is 5.32 Å². The molecule has 0 aliphatic carbocycles. The number of benzene rings is 2. The molecule has 1 atom stereocenters. The quantitative estimate of drug-likeness (QED) is 0.726. The highest BCUT2D eigenvalue weighted by Gasteiger charge is 2.16. The van der Waals surface area contributed by atoms with Crippen LogP contribution in [0.1, 0.15) is 15.9 Å². The minimum absolute atomic E-state index is 0.124.